The molecule has 0 fully saturated rings. The fraction of sp³-hybridized carbons (Fsp3) is 0.321. The average molecular weight is 491 g/mol. The Morgan fingerprint density at radius 2 is 1.91 bits per heavy atom. The van der Waals surface area contributed by atoms with Gasteiger partial charge in [0.2, 0.25) is 0 Å². The molecule has 1 N–H and O–H groups in total. The molecule has 0 unspecified atom stereocenters. The Morgan fingerprint density at radius 1 is 1.09 bits per heavy atom. The number of rotatable bonds is 4. The molecule has 3 heterocycles. The molecular formula is C28H30N2S3. The van der Waals surface area contributed by atoms with Gasteiger partial charge in [0.25, 0.3) is 0 Å². The molecule has 0 aliphatic carbocycles. The van der Waals surface area contributed by atoms with Crippen molar-refractivity contribution in [3.8, 4) is 0 Å². The van der Waals surface area contributed by atoms with Crippen LogP contribution in [0.1, 0.15) is 56.9 Å². The Morgan fingerprint density at radius 3 is 2.67 bits per heavy atom. The standard InChI is InChI=1S/C28H30N2S3/c1-16(2)11-19-14-33-27-20(19)7-6-8-21(27)24-25(31)23(29-15-30-24)18-12-17-9-10-32-26(17)22(13-18)28(3,4)5/h6-10,12-14,16,30-31H,11,15H2,1-5H3. The first-order valence-corrected chi connectivity index (χ1v) is 13.7. The number of fused-ring (bicyclic) bond motifs is 2. The zero-order chi connectivity index (χ0) is 23.3. The Balaban J connectivity index is 1.64. The predicted molar refractivity (Wildman–Crippen MR) is 151 cm³/mol. The maximum atomic E-state index is 5.04. The van der Waals surface area contributed by atoms with Gasteiger partial charge in [-0.05, 0) is 68.6 Å². The van der Waals surface area contributed by atoms with E-state index in [0.29, 0.717) is 12.6 Å². The van der Waals surface area contributed by atoms with E-state index in [2.05, 4.69) is 87.1 Å². The number of hydrogen-bond acceptors (Lipinski definition) is 5. The zero-order valence-corrected chi connectivity index (χ0v) is 22.3. The number of allylic oxidation sites excluding steroid dienone is 1. The van der Waals surface area contributed by atoms with Crippen LogP contribution in [0.4, 0.5) is 0 Å². The number of thiophene rings is 2. The van der Waals surface area contributed by atoms with Crippen LogP contribution < -0.4 is 5.32 Å². The van der Waals surface area contributed by atoms with Crippen molar-refractivity contribution in [3.05, 3.63) is 74.3 Å². The lowest BCUT2D eigenvalue weighted by Gasteiger charge is -2.24. The number of hydrogen-bond donors (Lipinski definition) is 2. The monoisotopic (exact) mass is 490 g/mol. The van der Waals surface area contributed by atoms with Crippen LogP contribution in [0.5, 0.6) is 0 Å². The van der Waals surface area contributed by atoms with Crippen LogP contribution in [0.3, 0.4) is 0 Å². The average Bonchev–Trinajstić information content (AvgIpc) is 3.39. The van der Waals surface area contributed by atoms with E-state index in [1.807, 2.05) is 22.7 Å². The Labute approximate surface area is 209 Å². The van der Waals surface area contributed by atoms with Gasteiger partial charge in [-0.2, -0.15) is 0 Å². The second kappa shape index (κ2) is 8.61. The largest absolute Gasteiger partial charge is 0.365 e. The molecule has 2 aromatic carbocycles. The molecule has 5 heteroatoms. The third-order valence-electron chi connectivity index (χ3n) is 6.16. The summed E-state index contributed by atoms with van der Waals surface area (Å²) in [6.07, 6.45) is 1.10. The van der Waals surface area contributed by atoms with Crippen molar-refractivity contribution in [1.82, 2.24) is 5.32 Å². The smallest absolute Gasteiger partial charge is 0.108 e. The highest BCUT2D eigenvalue weighted by Crippen LogP contribution is 2.38. The van der Waals surface area contributed by atoms with Crippen molar-refractivity contribution >= 4 is 66.9 Å². The fourth-order valence-corrected chi connectivity index (χ4v) is 7.22. The summed E-state index contributed by atoms with van der Waals surface area (Å²) in [6, 6.07) is 13.4. The highest BCUT2D eigenvalue weighted by atomic mass is 32.1. The molecule has 4 aromatic rings. The van der Waals surface area contributed by atoms with E-state index in [1.165, 1.54) is 36.9 Å². The van der Waals surface area contributed by atoms with E-state index in [1.54, 1.807) is 0 Å². The number of nitrogens with one attached hydrogen (secondary N) is 1. The zero-order valence-electron chi connectivity index (χ0n) is 19.8. The fourth-order valence-electron chi connectivity index (χ4n) is 4.61. The quantitative estimate of drug-likeness (QED) is 0.276. The van der Waals surface area contributed by atoms with Crippen LogP contribution >= 0.6 is 35.3 Å². The van der Waals surface area contributed by atoms with Crippen LogP contribution in [0, 0.1) is 5.92 Å². The Bertz CT molecular complexity index is 1410. The lowest BCUT2D eigenvalue weighted by molar-refractivity contribution is 0.596. The number of aliphatic imine (C=N–C) groups is 1. The minimum absolute atomic E-state index is 0.0608. The molecule has 1 aliphatic rings. The van der Waals surface area contributed by atoms with Crippen molar-refractivity contribution in [3.63, 3.8) is 0 Å². The SMILES string of the molecule is CC(C)Cc1csc2c(C3=C(S)C(c4cc(C(C)(C)C)c5sccc5c4)=NCN3)cccc12. The molecule has 0 saturated carbocycles. The van der Waals surface area contributed by atoms with Crippen molar-refractivity contribution in [1.29, 1.82) is 0 Å². The summed E-state index contributed by atoms with van der Waals surface area (Å²) in [5, 5.41) is 10.7. The van der Waals surface area contributed by atoms with Crippen LogP contribution in [0.25, 0.3) is 25.9 Å². The molecule has 5 rings (SSSR count). The third-order valence-corrected chi connectivity index (χ3v) is 8.64. The second-order valence-electron chi connectivity index (χ2n) is 10.2. The first-order valence-electron chi connectivity index (χ1n) is 11.5. The topological polar surface area (TPSA) is 24.4 Å². The molecule has 0 radical (unpaired) electrons. The molecule has 2 aromatic heterocycles. The first kappa shape index (κ1) is 22.7. The molecule has 0 bridgehead atoms. The van der Waals surface area contributed by atoms with Gasteiger partial charge in [0.05, 0.1) is 16.3 Å². The predicted octanol–water partition coefficient (Wildman–Crippen LogP) is 8.26. The van der Waals surface area contributed by atoms with Gasteiger partial charge in [0.1, 0.15) is 6.67 Å². The summed E-state index contributed by atoms with van der Waals surface area (Å²) in [5.41, 5.74) is 7.29. The summed E-state index contributed by atoms with van der Waals surface area (Å²) < 4.78 is 2.69. The summed E-state index contributed by atoms with van der Waals surface area (Å²) in [6.45, 7) is 12.0. The van der Waals surface area contributed by atoms with Gasteiger partial charge in [0.15, 0.2) is 0 Å². The highest BCUT2D eigenvalue weighted by Gasteiger charge is 2.24. The highest BCUT2D eigenvalue weighted by molar-refractivity contribution is 7.86. The summed E-state index contributed by atoms with van der Waals surface area (Å²) in [5.74, 6) is 0.640. The van der Waals surface area contributed by atoms with Crippen LogP contribution in [-0.2, 0) is 11.8 Å². The van der Waals surface area contributed by atoms with Gasteiger partial charge in [-0.25, -0.2) is 0 Å². The minimum Gasteiger partial charge on any atom is -0.365 e. The third kappa shape index (κ3) is 4.16. The second-order valence-corrected chi connectivity index (χ2v) is 12.5. The molecular weight excluding hydrogens is 461 g/mol. The normalized spacial score (nSPS) is 14.9. The van der Waals surface area contributed by atoms with E-state index in [9.17, 15) is 0 Å². The van der Waals surface area contributed by atoms with Crippen LogP contribution in [0.15, 0.2) is 57.1 Å². The number of benzene rings is 2. The molecule has 170 valence electrons. The number of thiol groups is 1. The number of nitrogens with zero attached hydrogens (tertiary/aromatic N) is 1. The Kier molecular flexibility index (Phi) is 5.92. The van der Waals surface area contributed by atoms with Gasteiger partial charge >= 0.3 is 0 Å². The lowest BCUT2D eigenvalue weighted by Crippen LogP contribution is -2.23. The van der Waals surface area contributed by atoms with Gasteiger partial charge in [-0.1, -0.05) is 52.8 Å². The van der Waals surface area contributed by atoms with Crippen LogP contribution in [0.2, 0.25) is 0 Å². The maximum absolute atomic E-state index is 5.04. The maximum Gasteiger partial charge on any atom is 0.108 e. The van der Waals surface area contributed by atoms with E-state index in [0.717, 1.165) is 28.3 Å². The van der Waals surface area contributed by atoms with Gasteiger partial charge in [-0.15, -0.1) is 35.3 Å². The molecule has 1 aliphatic heterocycles. The summed E-state index contributed by atoms with van der Waals surface area (Å²) in [7, 11) is 0. The first-order chi connectivity index (χ1) is 15.7. The van der Waals surface area contributed by atoms with Crippen molar-refractivity contribution < 1.29 is 0 Å². The molecule has 0 amide bonds. The van der Waals surface area contributed by atoms with Crippen molar-refractivity contribution in [2.24, 2.45) is 10.9 Å². The van der Waals surface area contributed by atoms with Gasteiger partial charge in [-0.3, -0.25) is 4.99 Å². The molecule has 2 nitrogen and oxygen atoms in total. The van der Waals surface area contributed by atoms with Crippen LogP contribution in [-0.4, -0.2) is 12.4 Å². The van der Waals surface area contributed by atoms with E-state index >= 15 is 0 Å². The molecule has 33 heavy (non-hydrogen) atoms. The molecule has 0 saturated heterocycles. The Hall–Kier alpha value is -2.08. The molecule has 0 atom stereocenters. The van der Waals surface area contributed by atoms with E-state index in [-0.39, 0.29) is 5.41 Å². The van der Waals surface area contributed by atoms with Crippen molar-refractivity contribution in [2.45, 2.75) is 46.5 Å². The van der Waals surface area contributed by atoms with Crippen molar-refractivity contribution in [2.75, 3.05) is 6.67 Å². The summed E-state index contributed by atoms with van der Waals surface area (Å²) in [4.78, 5) is 5.79. The van der Waals surface area contributed by atoms with E-state index < -0.39 is 0 Å². The van der Waals surface area contributed by atoms with Gasteiger partial charge in [0, 0.05) is 20.5 Å². The molecule has 0 spiro atoms. The lowest BCUT2D eigenvalue weighted by atomic mass is 9.84. The summed E-state index contributed by atoms with van der Waals surface area (Å²) >= 11 is 8.70. The van der Waals surface area contributed by atoms with E-state index in [4.69, 9.17) is 17.6 Å². The van der Waals surface area contributed by atoms with Gasteiger partial charge < -0.3 is 5.32 Å². The minimum atomic E-state index is 0.0608.